The molecule has 0 N–H and O–H groups in total. The van der Waals surface area contributed by atoms with Crippen molar-refractivity contribution in [1.82, 2.24) is 4.57 Å². The van der Waals surface area contributed by atoms with Crippen LogP contribution >= 0.6 is 0 Å². The van der Waals surface area contributed by atoms with E-state index in [-0.39, 0.29) is 0 Å². The number of aromatic nitrogens is 1. The second-order valence-electron chi connectivity index (χ2n) is 3.41. The van der Waals surface area contributed by atoms with Crippen LogP contribution in [-0.4, -0.2) is 4.57 Å². The highest BCUT2D eigenvalue weighted by atomic mass is 14.9. The third-order valence-corrected chi connectivity index (χ3v) is 2.25. The molecule has 0 unspecified atom stereocenters. The lowest BCUT2D eigenvalue weighted by Gasteiger charge is -1.94. The van der Waals surface area contributed by atoms with Gasteiger partial charge in [-0.2, -0.15) is 5.26 Å². The Labute approximate surface area is 79.8 Å². The van der Waals surface area contributed by atoms with Crippen molar-refractivity contribution in [3.63, 3.8) is 0 Å². The van der Waals surface area contributed by atoms with Crippen molar-refractivity contribution in [2.45, 2.75) is 32.6 Å². The van der Waals surface area contributed by atoms with E-state index in [0.717, 1.165) is 12.1 Å². The fourth-order valence-electron chi connectivity index (χ4n) is 1.46. The Kier molecular flexibility index (Phi) is 3.57. The van der Waals surface area contributed by atoms with E-state index in [1.807, 2.05) is 23.9 Å². The van der Waals surface area contributed by atoms with E-state index in [2.05, 4.69) is 13.0 Å². The number of rotatable bonds is 4. The summed E-state index contributed by atoms with van der Waals surface area (Å²) in [7, 11) is 1.92. The first-order valence-corrected chi connectivity index (χ1v) is 4.83. The zero-order valence-corrected chi connectivity index (χ0v) is 8.38. The van der Waals surface area contributed by atoms with Gasteiger partial charge in [-0.25, -0.2) is 0 Å². The van der Waals surface area contributed by atoms with Crippen LogP contribution in [0.25, 0.3) is 0 Å². The minimum Gasteiger partial charge on any atom is -0.342 e. The second-order valence-corrected chi connectivity index (χ2v) is 3.41. The monoisotopic (exact) mass is 176 g/mol. The summed E-state index contributed by atoms with van der Waals surface area (Å²) in [5.41, 5.74) is 2.04. The minimum atomic E-state index is 0.756. The molecule has 0 aromatic carbocycles. The highest BCUT2D eigenvalue weighted by Gasteiger charge is 2.00. The van der Waals surface area contributed by atoms with Gasteiger partial charge in [-0.15, -0.1) is 0 Å². The normalized spacial score (nSPS) is 9.92. The Morgan fingerprint density at radius 1 is 1.46 bits per heavy atom. The summed E-state index contributed by atoms with van der Waals surface area (Å²) >= 11 is 0. The average Bonchev–Trinajstić information content (AvgIpc) is 2.47. The smallest absolute Gasteiger partial charge is 0.120 e. The van der Waals surface area contributed by atoms with Crippen LogP contribution in [0.15, 0.2) is 12.3 Å². The molecule has 0 spiro atoms. The van der Waals surface area contributed by atoms with Gasteiger partial charge in [0.25, 0.3) is 0 Å². The van der Waals surface area contributed by atoms with Gasteiger partial charge in [-0.3, -0.25) is 0 Å². The van der Waals surface area contributed by atoms with Crippen molar-refractivity contribution in [3.05, 3.63) is 23.5 Å². The third kappa shape index (κ3) is 2.62. The number of unbranched alkanes of at least 4 members (excludes halogenated alkanes) is 2. The predicted molar refractivity (Wildman–Crippen MR) is 53.4 cm³/mol. The van der Waals surface area contributed by atoms with Gasteiger partial charge >= 0.3 is 0 Å². The van der Waals surface area contributed by atoms with Crippen LogP contribution < -0.4 is 0 Å². The zero-order chi connectivity index (χ0) is 9.68. The number of hydrogen-bond acceptors (Lipinski definition) is 1. The van der Waals surface area contributed by atoms with E-state index in [4.69, 9.17) is 5.26 Å². The first-order chi connectivity index (χ1) is 6.27. The summed E-state index contributed by atoms with van der Waals surface area (Å²) in [6.07, 6.45) is 6.90. The van der Waals surface area contributed by atoms with E-state index in [1.54, 1.807) is 0 Å². The van der Waals surface area contributed by atoms with Crippen molar-refractivity contribution in [1.29, 1.82) is 5.26 Å². The number of nitrogens with zero attached hydrogens (tertiary/aromatic N) is 2. The molecule has 70 valence electrons. The largest absolute Gasteiger partial charge is 0.342 e. The van der Waals surface area contributed by atoms with Crippen LogP contribution in [0.2, 0.25) is 0 Å². The highest BCUT2D eigenvalue weighted by Crippen LogP contribution is 2.10. The fourth-order valence-corrected chi connectivity index (χ4v) is 1.46. The molecule has 0 saturated carbocycles. The lowest BCUT2D eigenvalue weighted by atomic mass is 10.1. The summed E-state index contributed by atoms with van der Waals surface area (Å²) < 4.78 is 1.89. The Morgan fingerprint density at radius 3 is 2.77 bits per heavy atom. The van der Waals surface area contributed by atoms with Gasteiger partial charge in [-0.1, -0.05) is 19.8 Å². The molecule has 0 radical (unpaired) electrons. The van der Waals surface area contributed by atoms with Gasteiger partial charge in [0.15, 0.2) is 0 Å². The lowest BCUT2D eigenvalue weighted by molar-refractivity contribution is 0.716. The van der Waals surface area contributed by atoms with Crippen LogP contribution in [0.1, 0.15) is 37.4 Å². The SMILES string of the molecule is CCCCCc1cc(C#N)n(C)c1. The Morgan fingerprint density at radius 2 is 2.23 bits per heavy atom. The summed E-state index contributed by atoms with van der Waals surface area (Å²) in [6, 6.07) is 4.15. The molecule has 0 saturated heterocycles. The standard InChI is InChI=1S/C11H16N2/c1-3-4-5-6-10-7-11(8-12)13(2)9-10/h7,9H,3-6H2,1-2H3. The molecule has 0 fully saturated rings. The molecular weight excluding hydrogens is 160 g/mol. The predicted octanol–water partition coefficient (Wildman–Crippen LogP) is 2.63. The van der Waals surface area contributed by atoms with Crippen molar-refractivity contribution >= 4 is 0 Å². The first-order valence-electron chi connectivity index (χ1n) is 4.83. The van der Waals surface area contributed by atoms with Gasteiger partial charge in [0.1, 0.15) is 11.8 Å². The molecule has 0 bridgehead atoms. The van der Waals surface area contributed by atoms with Crippen LogP contribution in [0.4, 0.5) is 0 Å². The molecule has 2 nitrogen and oxygen atoms in total. The summed E-state index contributed by atoms with van der Waals surface area (Å²) in [6.45, 7) is 2.20. The van der Waals surface area contributed by atoms with Crippen molar-refractivity contribution in [2.75, 3.05) is 0 Å². The molecule has 0 amide bonds. The Balaban J connectivity index is 2.54. The molecule has 2 heteroatoms. The molecule has 0 atom stereocenters. The van der Waals surface area contributed by atoms with Crippen molar-refractivity contribution in [3.8, 4) is 6.07 Å². The number of nitriles is 1. The van der Waals surface area contributed by atoms with Gasteiger partial charge in [0.2, 0.25) is 0 Å². The molecule has 13 heavy (non-hydrogen) atoms. The Hall–Kier alpha value is -1.23. The van der Waals surface area contributed by atoms with Gasteiger partial charge in [0, 0.05) is 13.2 Å². The maximum Gasteiger partial charge on any atom is 0.120 e. The average molecular weight is 176 g/mol. The molecular formula is C11H16N2. The van der Waals surface area contributed by atoms with Gasteiger partial charge in [0.05, 0.1) is 0 Å². The fraction of sp³-hybridized carbons (Fsp3) is 0.545. The zero-order valence-electron chi connectivity index (χ0n) is 8.38. The number of hydrogen-bond donors (Lipinski definition) is 0. The topological polar surface area (TPSA) is 28.7 Å². The first kappa shape index (κ1) is 9.85. The molecule has 0 aliphatic rings. The van der Waals surface area contributed by atoms with Gasteiger partial charge < -0.3 is 4.57 Å². The lowest BCUT2D eigenvalue weighted by Crippen LogP contribution is -1.87. The summed E-state index contributed by atoms with van der Waals surface area (Å²) in [4.78, 5) is 0. The van der Waals surface area contributed by atoms with Gasteiger partial charge in [-0.05, 0) is 24.5 Å². The van der Waals surface area contributed by atoms with Crippen LogP contribution in [0.3, 0.4) is 0 Å². The quantitative estimate of drug-likeness (QED) is 0.648. The molecule has 1 rings (SSSR count). The molecule has 1 aromatic rings. The second kappa shape index (κ2) is 4.71. The molecule has 0 aliphatic heterocycles. The van der Waals surface area contributed by atoms with Crippen LogP contribution in [-0.2, 0) is 13.5 Å². The summed E-state index contributed by atoms with van der Waals surface area (Å²) in [5.74, 6) is 0. The molecule has 1 aromatic heterocycles. The minimum absolute atomic E-state index is 0.756. The van der Waals surface area contributed by atoms with Crippen LogP contribution in [0, 0.1) is 11.3 Å². The van der Waals surface area contributed by atoms with Crippen molar-refractivity contribution in [2.24, 2.45) is 7.05 Å². The van der Waals surface area contributed by atoms with E-state index >= 15 is 0 Å². The Bertz CT molecular complexity index is 304. The molecule has 1 heterocycles. The highest BCUT2D eigenvalue weighted by molar-refractivity contribution is 5.28. The van der Waals surface area contributed by atoms with Crippen molar-refractivity contribution < 1.29 is 0 Å². The number of aryl methyl sites for hydroxylation is 2. The molecule has 0 aliphatic carbocycles. The van der Waals surface area contributed by atoms with E-state index in [1.165, 1.54) is 24.8 Å². The van der Waals surface area contributed by atoms with E-state index < -0.39 is 0 Å². The maximum absolute atomic E-state index is 8.73. The maximum atomic E-state index is 8.73. The van der Waals surface area contributed by atoms with E-state index in [0.29, 0.717) is 0 Å². The summed E-state index contributed by atoms with van der Waals surface area (Å²) in [5, 5.41) is 8.73. The van der Waals surface area contributed by atoms with Crippen LogP contribution in [0.5, 0.6) is 0 Å². The van der Waals surface area contributed by atoms with E-state index in [9.17, 15) is 0 Å². The third-order valence-electron chi connectivity index (χ3n) is 2.25.